The number of aromatic nitrogens is 1. The number of nitrogens with zero attached hydrogens (tertiary/aromatic N) is 3. The minimum Gasteiger partial charge on any atom is -0.379 e. The third-order valence-corrected chi connectivity index (χ3v) is 4.89. The van der Waals surface area contributed by atoms with Crippen LogP contribution in [-0.4, -0.2) is 60.2 Å². The van der Waals surface area contributed by atoms with E-state index in [4.69, 9.17) is 10.5 Å². The van der Waals surface area contributed by atoms with Crippen molar-refractivity contribution < 1.29 is 4.74 Å². The van der Waals surface area contributed by atoms with E-state index in [2.05, 4.69) is 20.2 Å². The Morgan fingerprint density at radius 2 is 2.21 bits per heavy atom. The van der Waals surface area contributed by atoms with E-state index in [0.717, 1.165) is 44.4 Å². The monoisotopic (exact) mass is 282 g/mol. The number of nitrogens with two attached hydrogens (primary N) is 1. The van der Waals surface area contributed by atoms with E-state index in [0.29, 0.717) is 12.6 Å². The van der Waals surface area contributed by atoms with Gasteiger partial charge in [0.05, 0.1) is 18.9 Å². The number of hydrogen-bond donors (Lipinski definition) is 1. The number of hydrogen-bond acceptors (Lipinski definition) is 6. The van der Waals surface area contributed by atoms with Crippen molar-refractivity contribution in [3.05, 3.63) is 16.1 Å². The maximum Gasteiger partial charge on any atom is 0.106 e. The Morgan fingerprint density at radius 3 is 2.95 bits per heavy atom. The first-order valence-corrected chi connectivity index (χ1v) is 7.90. The number of ether oxygens (including phenoxy) is 1. The Balaban J connectivity index is 1.51. The highest BCUT2D eigenvalue weighted by Crippen LogP contribution is 2.19. The molecule has 2 aliphatic heterocycles. The highest BCUT2D eigenvalue weighted by molar-refractivity contribution is 7.09. The van der Waals surface area contributed by atoms with Crippen molar-refractivity contribution in [1.82, 2.24) is 14.8 Å². The van der Waals surface area contributed by atoms with Crippen LogP contribution in [0.2, 0.25) is 0 Å². The van der Waals surface area contributed by atoms with Gasteiger partial charge in [-0.3, -0.25) is 9.80 Å². The van der Waals surface area contributed by atoms with Gasteiger partial charge in [0.25, 0.3) is 0 Å². The van der Waals surface area contributed by atoms with Gasteiger partial charge in [-0.15, -0.1) is 11.3 Å². The Kier molecular flexibility index (Phi) is 4.45. The lowest BCUT2D eigenvalue weighted by molar-refractivity contribution is 0.0183. The molecule has 0 spiro atoms. The van der Waals surface area contributed by atoms with Gasteiger partial charge in [-0.1, -0.05) is 0 Å². The van der Waals surface area contributed by atoms with E-state index >= 15 is 0 Å². The molecule has 1 unspecified atom stereocenters. The van der Waals surface area contributed by atoms with Crippen molar-refractivity contribution >= 4 is 11.3 Å². The molecule has 0 bridgehead atoms. The molecule has 2 saturated heterocycles. The predicted octanol–water partition coefficient (Wildman–Crippen LogP) is 0.508. The molecule has 0 saturated carbocycles. The molecule has 1 aromatic heterocycles. The van der Waals surface area contributed by atoms with E-state index in [1.807, 2.05) is 0 Å². The van der Waals surface area contributed by atoms with Crippen LogP contribution in [0.4, 0.5) is 0 Å². The summed E-state index contributed by atoms with van der Waals surface area (Å²) in [7, 11) is 0. The lowest BCUT2D eigenvalue weighted by Crippen LogP contribution is -2.44. The average molecular weight is 282 g/mol. The molecular formula is C13H22N4OS. The van der Waals surface area contributed by atoms with Crippen LogP contribution < -0.4 is 5.73 Å². The van der Waals surface area contributed by atoms with E-state index in [1.165, 1.54) is 18.7 Å². The molecule has 19 heavy (non-hydrogen) atoms. The standard InChI is InChI=1S/C13H22N4OS/c14-7-13-15-11(10-19-13)8-16-2-1-12(9-16)17-3-5-18-6-4-17/h10,12H,1-9,14H2. The third-order valence-electron chi connectivity index (χ3n) is 3.97. The first kappa shape index (κ1) is 13.5. The Morgan fingerprint density at radius 1 is 1.37 bits per heavy atom. The highest BCUT2D eigenvalue weighted by Gasteiger charge is 2.28. The van der Waals surface area contributed by atoms with Crippen molar-refractivity contribution in [3.63, 3.8) is 0 Å². The fourth-order valence-electron chi connectivity index (χ4n) is 2.94. The number of thiazole rings is 1. The SMILES string of the molecule is NCc1nc(CN2CCC(N3CCOCC3)C2)cs1. The molecule has 2 fully saturated rings. The molecule has 3 rings (SSSR count). The molecule has 0 radical (unpaired) electrons. The van der Waals surface area contributed by atoms with Crippen molar-refractivity contribution in [1.29, 1.82) is 0 Å². The fourth-order valence-corrected chi connectivity index (χ4v) is 3.61. The third kappa shape index (κ3) is 3.32. The first-order chi connectivity index (χ1) is 9.35. The van der Waals surface area contributed by atoms with Crippen molar-refractivity contribution in [2.24, 2.45) is 5.73 Å². The molecule has 2 aliphatic rings. The van der Waals surface area contributed by atoms with Crippen LogP contribution in [0.1, 0.15) is 17.1 Å². The van der Waals surface area contributed by atoms with Crippen molar-refractivity contribution in [2.45, 2.75) is 25.6 Å². The summed E-state index contributed by atoms with van der Waals surface area (Å²) in [6, 6.07) is 0.705. The smallest absolute Gasteiger partial charge is 0.106 e. The highest BCUT2D eigenvalue weighted by atomic mass is 32.1. The molecule has 1 aromatic rings. The second-order valence-corrected chi connectivity index (χ2v) is 6.21. The molecule has 1 atom stereocenters. The fraction of sp³-hybridized carbons (Fsp3) is 0.769. The summed E-state index contributed by atoms with van der Waals surface area (Å²) < 4.78 is 5.42. The minimum absolute atomic E-state index is 0.557. The Hall–Kier alpha value is -0.530. The van der Waals surface area contributed by atoms with Gasteiger partial charge in [0.2, 0.25) is 0 Å². The maximum absolute atomic E-state index is 5.61. The van der Waals surface area contributed by atoms with Gasteiger partial charge in [0.15, 0.2) is 0 Å². The topological polar surface area (TPSA) is 54.6 Å². The van der Waals surface area contributed by atoms with E-state index < -0.39 is 0 Å². The van der Waals surface area contributed by atoms with Crippen LogP contribution in [0, 0.1) is 0 Å². The summed E-state index contributed by atoms with van der Waals surface area (Å²) in [4.78, 5) is 9.64. The molecule has 106 valence electrons. The number of morpholine rings is 1. The van der Waals surface area contributed by atoms with Gasteiger partial charge < -0.3 is 10.5 Å². The Bertz CT molecular complexity index is 405. The van der Waals surface area contributed by atoms with Crippen molar-refractivity contribution in [3.8, 4) is 0 Å². The molecule has 0 amide bonds. The zero-order chi connectivity index (χ0) is 13.1. The van der Waals surface area contributed by atoms with E-state index in [-0.39, 0.29) is 0 Å². The summed E-state index contributed by atoms with van der Waals surface area (Å²) in [5.41, 5.74) is 6.78. The van der Waals surface area contributed by atoms with Crippen LogP contribution in [0.25, 0.3) is 0 Å². The normalized spacial score (nSPS) is 26.1. The zero-order valence-corrected chi connectivity index (χ0v) is 12.1. The molecule has 6 heteroatoms. The molecule has 0 aromatic carbocycles. The van der Waals surface area contributed by atoms with Crippen molar-refractivity contribution in [2.75, 3.05) is 39.4 Å². The van der Waals surface area contributed by atoms with Crippen LogP contribution >= 0.6 is 11.3 Å². The van der Waals surface area contributed by atoms with Gasteiger partial charge in [-0.2, -0.15) is 0 Å². The molecule has 5 nitrogen and oxygen atoms in total. The van der Waals surface area contributed by atoms with Gasteiger partial charge in [-0.25, -0.2) is 4.98 Å². The van der Waals surface area contributed by atoms with Crippen LogP contribution in [0.3, 0.4) is 0 Å². The quantitative estimate of drug-likeness (QED) is 0.872. The molecular weight excluding hydrogens is 260 g/mol. The summed E-state index contributed by atoms with van der Waals surface area (Å²) >= 11 is 1.67. The Labute approximate surface area is 118 Å². The zero-order valence-electron chi connectivity index (χ0n) is 11.3. The summed E-state index contributed by atoms with van der Waals surface area (Å²) in [5, 5.41) is 3.18. The summed E-state index contributed by atoms with van der Waals surface area (Å²) in [6.07, 6.45) is 1.27. The molecule has 2 N–H and O–H groups in total. The van der Waals surface area contributed by atoms with Crippen LogP contribution in [0.15, 0.2) is 5.38 Å². The second-order valence-electron chi connectivity index (χ2n) is 5.26. The molecule has 3 heterocycles. The van der Waals surface area contributed by atoms with Gasteiger partial charge in [0.1, 0.15) is 5.01 Å². The van der Waals surface area contributed by atoms with Crippen LogP contribution in [0.5, 0.6) is 0 Å². The predicted molar refractivity (Wildman–Crippen MR) is 76.1 cm³/mol. The van der Waals surface area contributed by atoms with E-state index in [1.54, 1.807) is 11.3 Å². The second kappa shape index (κ2) is 6.28. The number of rotatable bonds is 4. The van der Waals surface area contributed by atoms with Gasteiger partial charge in [0, 0.05) is 50.7 Å². The maximum atomic E-state index is 5.61. The minimum atomic E-state index is 0.557. The summed E-state index contributed by atoms with van der Waals surface area (Å²) in [5.74, 6) is 0. The van der Waals surface area contributed by atoms with E-state index in [9.17, 15) is 0 Å². The lowest BCUT2D eigenvalue weighted by atomic mass is 10.2. The van der Waals surface area contributed by atoms with Crippen LogP contribution in [-0.2, 0) is 17.8 Å². The lowest BCUT2D eigenvalue weighted by Gasteiger charge is -2.32. The summed E-state index contributed by atoms with van der Waals surface area (Å²) in [6.45, 7) is 7.83. The van der Waals surface area contributed by atoms with Gasteiger partial charge >= 0.3 is 0 Å². The first-order valence-electron chi connectivity index (χ1n) is 7.02. The largest absolute Gasteiger partial charge is 0.379 e. The molecule has 0 aliphatic carbocycles. The average Bonchev–Trinajstić information content (AvgIpc) is 3.09. The number of likely N-dealkylation sites (tertiary alicyclic amines) is 1. The van der Waals surface area contributed by atoms with Gasteiger partial charge in [-0.05, 0) is 6.42 Å².